The van der Waals surface area contributed by atoms with Crippen molar-refractivity contribution in [2.45, 2.75) is 6.42 Å². The number of rotatable bonds is 3. The highest BCUT2D eigenvalue weighted by Crippen LogP contribution is 2.26. The van der Waals surface area contributed by atoms with Gasteiger partial charge in [-0.1, -0.05) is 23.7 Å². The number of benzene rings is 1. The third-order valence-electron chi connectivity index (χ3n) is 4.56. The first-order valence-corrected chi connectivity index (χ1v) is 8.68. The second-order valence-electron chi connectivity index (χ2n) is 6.08. The monoisotopic (exact) mass is 464 g/mol. The lowest BCUT2D eigenvalue weighted by atomic mass is 10.1. The van der Waals surface area contributed by atoms with Gasteiger partial charge in [-0.25, -0.2) is 0 Å². The third kappa shape index (κ3) is 4.89. The lowest BCUT2D eigenvalue weighted by Crippen LogP contribution is -2.53. The summed E-state index contributed by atoms with van der Waals surface area (Å²) in [4.78, 5) is 9.10. The number of nitrogens with zero attached hydrogens (tertiary/aromatic N) is 3. The van der Waals surface area contributed by atoms with Gasteiger partial charge >= 0.3 is 0 Å². The largest absolute Gasteiger partial charge is 0.381 e. The lowest BCUT2D eigenvalue weighted by molar-refractivity contribution is 0.186. The summed E-state index contributed by atoms with van der Waals surface area (Å²) in [5.74, 6) is 1.60. The number of hydrogen-bond acceptors (Lipinski definition) is 3. The molecule has 24 heavy (non-hydrogen) atoms. The first kappa shape index (κ1) is 19.6. The van der Waals surface area contributed by atoms with Crippen LogP contribution in [0.15, 0.2) is 29.3 Å². The molecule has 2 aliphatic rings. The van der Waals surface area contributed by atoms with Gasteiger partial charge in [-0.15, -0.1) is 24.0 Å². The Balaban J connectivity index is 0.00000208. The Morgan fingerprint density at radius 3 is 2.67 bits per heavy atom. The van der Waals surface area contributed by atoms with E-state index in [9.17, 15) is 0 Å². The molecule has 134 valence electrons. The Bertz CT molecular complexity index is 543. The van der Waals surface area contributed by atoms with Gasteiger partial charge in [0.15, 0.2) is 5.96 Å². The van der Waals surface area contributed by atoms with Gasteiger partial charge in [0.25, 0.3) is 0 Å². The quantitative estimate of drug-likeness (QED) is 0.424. The fourth-order valence-corrected chi connectivity index (χ4v) is 3.43. The van der Waals surface area contributed by atoms with Crippen molar-refractivity contribution in [3.8, 4) is 0 Å². The summed E-state index contributed by atoms with van der Waals surface area (Å²) in [7, 11) is 1.86. The van der Waals surface area contributed by atoms with Crippen molar-refractivity contribution >= 4 is 47.2 Å². The van der Waals surface area contributed by atoms with Crippen molar-refractivity contribution in [3.05, 3.63) is 29.3 Å². The summed E-state index contributed by atoms with van der Waals surface area (Å²) in [5.41, 5.74) is 1.12. The molecule has 0 spiro atoms. The van der Waals surface area contributed by atoms with Crippen LogP contribution in [-0.2, 0) is 4.74 Å². The third-order valence-corrected chi connectivity index (χ3v) is 4.88. The molecule has 1 unspecified atom stereocenters. The van der Waals surface area contributed by atoms with E-state index in [2.05, 4.69) is 26.2 Å². The van der Waals surface area contributed by atoms with Crippen molar-refractivity contribution in [3.63, 3.8) is 0 Å². The minimum Gasteiger partial charge on any atom is -0.381 e. The second-order valence-corrected chi connectivity index (χ2v) is 6.49. The smallest absolute Gasteiger partial charge is 0.193 e. The van der Waals surface area contributed by atoms with E-state index in [4.69, 9.17) is 16.3 Å². The molecule has 2 saturated heterocycles. The summed E-state index contributed by atoms with van der Waals surface area (Å²) < 4.78 is 5.43. The molecule has 1 atom stereocenters. The topological polar surface area (TPSA) is 40.1 Å². The number of nitrogens with one attached hydrogen (secondary N) is 1. The van der Waals surface area contributed by atoms with Crippen LogP contribution in [0.3, 0.4) is 0 Å². The van der Waals surface area contributed by atoms with Crippen LogP contribution < -0.4 is 10.2 Å². The summed E-state index contributed by atoms with van der Waals surface area (Å²) in [6.07, 6.45) is 1.14. The first-order valence-electron chi connectivity index (χ1n) is 8.30. The summed E-state index contributed by atoms with van der Waals surface area (Å²) in [6, 6.07) is 8.05. The van der Waals surface area contributed by atoms with E-state index in [0.29, 0.717) is 5.92 Å². The zero-order valence-electron chi connectivity index (χ0n) is 14.1. The lowest BCUT2D eigenvalue weighted by Gasteiger charge is -2.38. The number of halogens is 2. The zero-order valence-corrected chi connectivity index (χ0v) is 17.2. The van der Waals surface area contributed by atoms with Crippen molar-refractivity contribution in [1.82, 2.24) is 10.2 Å². The number of ether oxygens (including phenoxy) is 1. The fraction of sp³-hybridized carbons (Fsp3) is 0.588. The average Bonchev–Trinajstić information content (AvgIpc) is 3.10. The summed E-state index contributed by atoms with van der Waals surface area (Å²) in [5, 5.41) is 4.32. The van der Waals surface area contributed by atoms with E-state index in [1.165, 1.54) is 0 Å². The maximum absolute atomic E-state index is 6.30. The summed E-state index contributed by atoms with van der Waals surface area (Å²) >= 11 is 6.30. The molecule has 2 aliphatic heterocycles. The highest BCUT2D eigenvalue weighted by atomic mass is 127. The average molecular weight is 465 g/mol. The molecule has 2 heterocycles. The van der Waals surface area contributed by atoms with Crippen molar-refractivity contribution in [2.24, 2.45) is 10.9 Å². The van der Waals surface area contributed by atoms with E-state index in [-0.39, 0.29) is 24.0 Å². The van der Waals surface area contributed by atoms with Crippen molar-refractivity contribution in [2.75, 3.05) is 57.9 Å². The molecular formula is C17H26ClIN4O. The Hall–Kier alpha value is -0.730. The molecule has 7 heteroatoms. The van der Waals surface area contributed by atoms with Crippen molar-refractivity contribution in [1.29, 1.82) is 0 Å². The Kier molecular flexibility index (Phi) is 7.90. The van der Waals surface area contributed by atoms with Crippen LogP contribution in [0, 0.1) is 5.92 Å². The summed E-state index contributed by atoms with van der Waals surface area (Å²) in [6.45, 7) is 6.51. The minimum absolute atomic E-state index is 0. The van der Waals surface area contributed by atoms with Crippen LogP contribution in [0.4, 0.5) is 5.69 Å². The molecule has 0 aromatic heterocycles. The molecule has 0 saturated carbocycles. The first-order chi connectivity index (χ1) is 11.3. The predicted octanol–water partition coefficient (Wildman–Crippen LogP) is 2.69. The fourth-order valence-electron chi connectivity index (χ4n) is 3.18. The van der Waals surface area contributed by atoms with Crippen LogP contribution in [0.25, 0.3) is 0 Å². The molecule has 1 aromatic rings. The Morgan fingerprint density at radius 2 is 2.04 bits per heavy atom. The van der Waals surface area contributed by atoms with Crippen molar-refractivity contribution < 1.29 is 4.74 Å². The van der Waals surface area contributed by atoms with Gasteiger partial charge in [-0.3, -0.25) is 4.99 Å². The second kappa shape index (κ2) is 9.68. The van der Waals surface area contributed by atoms with Crippen LogP contribution >= 0.6 is 35.6 Å². The molecule has 1 aromatic carbocycles. The standard InChI is InChI=1S/C17H25ClN4O.HI/c1-19-17(20-12-14-6-11-23-13-14)22-9-7-21(8-10-22)16-5-3-2-4-15(16)18;/h2-5,14H,6-13H2,1H3,(H,19,20);1H. The van der Waals surface area contributed by atoms with Gasteiger partial charge in [0.05, 0.1) is 17.3 Å². The zero-order chi connectivity index (χ0) is 16.1. The number of guanidine groups is 1. The highest BCUT2D eigenvalue weighted by molar-refractivity contribution is 14.0. The van der Waals surface area contributed by atoms with E-state index in [1.54, 1.807) is 0 Å². The van der Waals surface area contributed by atoms with Gasteiger partial charge < -0.3 is 19.9 Å². The number of para-hydroxylation sites is 1. The highest BCUT2D eigenvalue weighted by Gasteiger charge is 2.22. The van der Waals surface area contributed by atoms with Gasteiger partial charge in [0, 0.05) is 52.3 Å². The van der Waals surface area contributed by atoms with E-state index < -0.39 is 0 Å². The van der Waals surface area contributed by atoms with Gasteiger partial charge in [0.2, 0.25) is 0 Å². The van der Waals surface area contributed by atoms with Crippen LogP contribution in [-0.4, -0.2) is 63.8 Å². The molecule has 2 fully saturated rings. The number of hydrogen-bond donors (Lipinski definition) is 1. The molecular weight excluding hydrogens is 439 g/mol. The molecule has 0 aliphatic carbocycles. The molecule has 3 rings (SSSR count). The van der Waals surface area contributed by atoms with Crippen LogP contribution in [0.5, 0.6) is 0 Å². The SMILES string of the molecule is CN=C(NCC1CCOC1)N1CCN(c2ccccc2Cl)CC1.I. The number of piperazine rings is 1. The van der Waals surface area contributed by atoms with Crippen LogP contribution in [0.2, 0.25) is 5.02 Å². The van der Waals surface area contributed by atoms with Gasteiger partial charge in [-0.2, -0.15) is 0 Å². The molecule has 1 N–H and O–H groups in total. The van der Waals surface area contributed by atoms with E-state index >= 15 is 0 Å². The molecule has 0 amide bonds. The minimum atomic E-state index is 0. The van der Waals surface area contributed by atoms with E-state index in [0.717, 1.165) is 69.0 Å². The van der Waals surface area contributed by atoms with E-state index in [1.807, 2.05) is 25.2 Å². The molecule has 5 nitrogen and oxygen atoms in total. The Labute approximate surface area is 166 Å². The molecule has 0 bridgehead atoms. The van der Waals surface area contributed by atoms with Gasteiger partial charge in [-0.05, 0) is 18.6 Å². The maximum atomic E-state index is 6.30. The molecule has 0 radical (unpaired) electrons. The maximum Gasteiger partial charge on any atom is 0.193 e. The normalized spacial score (nSPS) is 21.6. The predicted molar refractivity (Wildman–Crippen MR) is 111 cm³/mol. The Morgan fingerprint density at radius 1 is 1.29 bits per heavy atom. The number of anilines is 1. The number of aliphatic imine (C=N–C) groups is 1. The van der Waals surface area contributed by atoms with Gasteiger partial charge in [0.1, 0.15) is 0 Å². The van der Waals surface area contributed by atoms with Crippen LogP contribution in [0.1, 0.15) is 6.42 Å².